The van der Waals surface area contributed by atoms with E-state index in [1.54, 1.807) is 33.7 Å². The van der Waals surface area contributed by atoms with Crippen molar-refractivity contribution in [3.8, 4) is 0 Å². The number of nitro benzene ring substituents is 1. The predicted molar refractivity (Wildman–Crippen MR) is 94.5 cm³/mol. The van der Waals surface area contributed by atoms with Crippen molar-refractivity contribution >= 4 is 33.1 Å². The van der Waals surface area contributed by atoms with E-state index < -0.39 is 10.8 Å². The van der Waals surface area contributed by atoms with Crippen LogP contribution in [0.15, 0.2) is 48.1 Å². The van der Waals surface area contributed by atoms with Gasteiger partial charge in [-0.25, -0.2) is 0 Å². The molecule has 0 aliphatic heterocycles. The fourth-order valence-corrected chi connectivity index (χ4v) is 3.55. The lowest BCUT2D eigenvalue weighted by atomic mass is 10.3. The molecule has 0 aliphatic carbocycles. The van der Waals surface area contributed by atoms with E-state index in [0.29, 0.717) is 28.3 Å². The summed E-state index contributed by atoms with van der Waals surface area (Å²) in [5.74, 6) is -0.404. The zero-order valence-corrected chi connectivity index (χ0v) is 14.3. The Kier molecular flexibility index (Phi) is 4.57. The number of allylic oxidation sites excluding steroid dienone is 1. The number of aryl methyl sites for hydroxylation is 1. The number of benzene rings is 1. The van der Waals surface area contributed by atoms with Crippen molar-refractivity contribution in [3.63, 3.8) is 0 Å². The number of non-ortho nitro benzene ring substituents is 1. The number of hydrogen-bond acceptors (Lipinski definition) is 5. The molecule has 0 N–H and O–H groups in total. The maximum absolute atomic E-state index is 12.5. The van der Waals surface area contributed by atoms with Gasteiger partial charge in [0, 0.05) is 31.4 Å². The van der Waals surface area contributed by atoms with Crippen LogP contribution in [0.25, 0.3) is 10.2 Å². The van der Waals surface area contributed by atoms with Crippen LogP contribution >= 0.6 is 11.3 Å². The van der Waals surface area contributed by atoms with Gasteiger partial charge < -0.3 is 4.57 Å². The topological polar surface area (TPSA) is 95.3 Å². The second-order valence-corrected chi connectivity index (χ2v) is 6.15. The van der Waals surface area contributed by atoms with Gasteiger partial charge in [-0.1, -0.05) is 17.4 Å². The molecule has 25 heavy (non-hydrogen) atoms. The van der Waals surface area contributed by atoms with Crippen molar-refractivity contribution in [2.75, 3.05) is 0 Å². The normalized spacial score (nSPS) is 11.8. The zero-order valence-electron chi connectivity index (χ0n) is 13.5. The predicted octanol–water partition coefficient (Wildman–Crippen LogP) is 2.75. The molecular formula is C16H15N5O3S. The number of nitro groups is 1. The molecule has 2 heterocycles. The van der Waals surface area contributed by atoms with Gasteiger partial charge in [-0.05, 0) is 19.1 Å². The van der Waals surface area contributed by atoms with Crippen LogP contribution in [0, 0.1) is 10.1 Å². The summed E-state index contributed by atoms with van der Waals surface area (Å²) in [4.78, 5) is 27.7. The maximum atomic E-state index is 12.5. The zero-order chi connectivity index (χ0) is 18.0. The molecule has 0 spiro atoms. The third-order valence-electron chi connectivity index (χ3n) is 3.62. The minimum Gasteiger partial charge on any atom is -0.312 e. The molecule has 128 valence electrons. The number of amides is 1. The summed E-state index contributed by atoms with van der Waals surface area (Å²) in [5.41, 5.74) is 1.17. The second-order valence-electron chi connectivity index (χ2n) is 5.14. The molecule has 1 aromatic carbocycles. The molecule has 0 saturated heterocycles. The van der Waals surface area contributed by atoms with Crippen LogP contribution < -0.4 is 4.80 Å². The number of hydrogen-bond donors (Lipinski definition) is 0. The summed E-state index contributed by atoms with van der Waals surface area (Å²) in [6.45, 7) is 6.62. The summed E-state index contributed by atoms with van der Waals surface area (Å²) >= 11 is 1.23. The Balaban J connectivity index is 2.16. The molecule has 3 rings (SSSR count). The molecule has 0 aliphatic rings. The summed E-state index contributed by atoms with van der Waals surface area (Å²) < 4.78 is 4.06. The minimum atomic E-state index is -0.446. The highest BCUT2D eigenvalue weighted by Gasteiger charge is 2.14. The van der Waals surface area contributed by atoms with E-state index >= 15 is 0 Å². The Morgan fingerprint density at radius 2 is 2.28 bits per heavy atom. The molecule has 1 amide bonds. The van der Waals surface area contributed by atoms with Crippen LogP contribution in [0.5, 0.6) is 0 Å². The van der Waals surface area contributed by atoms with Crippen LogP contribution in [0.4, 0.5) is 5.69 Å². The number of nitrogens with zero attached hydrogens (tertiary/aromatic N) is 5. The number of rotatable bonds is 5. The molecule has 0 radical (unpaired) electrons. The second kappa shape index (κ2) is 6.81. The third kappa shape index (κ3) is 3.13. The average molecular weight is 357 g/mol. The van der Waals surface area contributed by atoms with E-state index in [2.05, 4.69) is 16.7 Å². The third-order valence-corrected chi connectivity index (χ3v) is 4.66. The summed E-state index contributed by atoms with van der Waals surface area (Å²) in [6.07, 6.45) is 3.24. The number of carbonyl (C=O) groups excluding carboxylic acids is 1. The largest absolute Gasteiger partial charge is 0.312 e. The molecule has 3 aromatic rings. The Hall–Kier alpha value is -3.07. The van der Waals surface area contributed by atoms with Crippen LogP contribution in [-0.2, 0) is 13.1 Å². The van der Waals surface area contributed by atoms with Crippen molar-refractivity contribution in [3.05, 3.63) is 63.7 Å². The molecule has 8 nitrogen and oxygen atoms in total. The summed E-state index contributed by atoms with van der Waals surface area (Å²) in [7, 11) is 0. The van der Waals surface area contributed by atoms with Gasteiger partial charge in [0.25, 0.3) is 11.6 Å². The van der Waals surface area contributed by atoms with Crippen molar-refractivity contribution in [2.24, 2.45) is 4.99 Å². The fourth-order valence-electron chi connectivity index (χ4n) is 2.48. The Morgan fingerprint density at radius 1 is 1.48 bits per heavy atom. The molecule has 0 saturated carbocycles. The van der Waals surface area contributed by atoms with Gasteiger partial charge in [0.15, 0.2) is 4.80 Å². The van der Waals surface area contributed by atoms with Gasteiger partial charge in [-0.2, -0.15) is 10.1 Å². The maximum Gasteiger partial charge on any atom is 0.297 e. The van der Waals surface area contributed by atoms with Crippen molar-refractivity contribution in [1.29, 1.82) is 0 Å². The molecule has 0 fully saturated rings. The first kappa shape index (κ1) is 16.8. The van der Waals surface area contributed by atoms with E-state index in [9.17, 15) is 14.9 Å². The Morgan fingerprint density at radius 3 is 2.96 bits per heavy atom. The van der Waals surface area contributed by atoms with Crippen molar-refractivity contribution < 1.29 is 9.72 Å². The van der Waals surface area contributed by atoms with E-state index in [1.165, 1.54) is 23.5 Å². The van der Waals surface area contributed by atoms with E-state index in [4.69, 9.17) is 0 Å². The van der Waals surface area contributed by atoms with Crippen LogP contribution in [-0.4, -0.2) is 25.2 Å². The fraction of sp³-hybridized carbons (Fsp3) is 0.188. The van der Waals surface area contributed by atoms with Gasteiger partial charge in [0.2, 0.25) is 0 Å². The molecule has 2 aromatic heterocycles. The summed E-state index contributed by atoms with van der Waals surface area (Å²) in [5, 5.41) is 15.0. The average Bonchev–Trinajstić information content (AvgIpc) is 3.19. The number of carbonyl (C=O) groups is 1. The lowest BCUT2D eigenvalue weighted by Gasteiger charge is -2.01. The molecule has 9 heteroatoms. The van der Waals surface area contributed by atoms with Gasteiger partial charge in [0.1, 0.15) is 5.69 Å². The highest BCUT2D eigenvalue weighted by atomic mass is 32.1. The number of fused-ring (bicyclic) bond motifs is 1. The van der Waals surface area contributed by atoms with E-state index in [0.717, 1.165) is 5.52 Å². The minimum absolute atomic E-state index is 0.00133. The lowest BCUT2D eigenvalue weighted by molar-refractivity contribution is -0.384. The standard InChI is InChI=1S/C16H15N5O3S/c1-3-9-19-12-6-5-11(21(23)24)10-14(12)25-16(19)18-15(22)13-7-8-17-20(13)4-2/h3,5-8,10H,1,4,9H2,2H3. The SMILES string of the molecule is C=CCn1c(=NC(=O)c2ccnn2CC)sc2cc([N+](=O)[O-])ccc21. The number of thiazole rings is 1. The Labute approximate surface area is 146 Å². The molecular weight excluding hydrogens is 342 g/mol. The summed E-state index contributed by atoms with van der Waals surface area (Å²) in [6, 6.07) is 6.20. The van der Waals surface area contributed by atoms with Crippen LogP contribution in [0.1, 0.15) is 17.4 Å². The Bertz CT molecular complexity index is 1040. The highest BCUT2D eigenvalue weighted by Crippen LogP contribution is 2.23. The quantitative estimate of drug-likeness (QED) is 0.398. The molecule has 0 unspecified atom stereocenters. The van der Waals surface area contributed by atoms with Gasteiger partial charge in [0.05, 0.1) is 15.1 Å². The van der Waals surface area contributed by atoms with E-state index in [1.807, 2.05) is 6.92 Å². The van der Waals surface area contributed by atoms with Crippen LogP contribution in [0.3, 0.4) is 0 Å². The van der Waals surface area contributed by atoms with Gasteiger partial charge >= 0.3 is 0 Å². The first-order chi connectivity index (χ1) is 12.0. The van der Waals surface area contributed by atoms with Crippen molar-refractivity contribution in [1.82, 2.24) is 14.3 Å². The first-order valence-electron chi connectivity index (χ1n) is 7.54. The van der Waals surface area contributed by atoms with Crippen LogP contribution in [0.2, 0.25) is 0 Å². The van der Waals surface area contributed by atoms with E-state index in [-0.39, 0.29) is 5.69 Å². The van der Waals surface area contributed by atoms with Gasteiger partial charge in [-0.3, -0.25) is 19.6 Å². The smallest absolute Gasteiger partial charge is 0.297 e. The first-order valence-corrected chi connectivity index (χ1v) is 8.36. The molecule has 0 atom stereocenters. The monoisotopic (exact) mass is 357 g/mol. The highest BCUT2D eigenvalue weighted by molar-refractivity contribution is 7.16. The number of aromatic nitrogens is 3. The molecule has 0 bridgehead atoms. The lowest BCUT2D eigenvalue weighted by Crippen LogP contribution is -2.17. The van der Waals surface area contributed by atoms with Crippen molar-refractivity contribution in [2.45, 2.75) is 20.0 Å². The van der Waals surface area contributed by atoms with Gasteiger partial charge in [-0.15, -0.1) is 6.58 Å².